The van der Waals surface area contributed by atoms with Gasteiger partial charge in [-0.15, -0.1) is 0 Å². The van der Waals surface area contributed by atoms with Crippen LogP contribution in [0, 0.1) is 0 Å². The molecule has 0 amide bonds. The highest BCUT2D eigenvalue weighted by Crippen LogP contribution is 2.39. The SMILES string of the molecule is CCCC/C(=C\C(C(=O)OC)N(Cc1ccccc1)Cc1ccccc1)B1OC(C)(C)C(C)(C)O1. The summed E-state index contributed by atoms with van der Waals surface area (Å²) in [5, 5.41) is 0. The topological polar surface area (TPSA) is 48.0 Å². The third-order valence-electron chi connectivity index (χ3n) is 7.04. The predicted molar refractivity (Wildman–Crippen MR) is 142 cm³/mol. The maximum atomic E-state index is 13.2. The van der Waals surface area contributed by atoms with E-state index in [4.69, 9.17) is 14.0 Å². The maximum absolute atomic E-state index is 13.2. The van der Waals surface area contributed by atoms with Crippen molar-refractivity contribution < 1.29 is 18.8 Å². The Hall–Kier alpha value is -2.41. The average molecular weight is 477 g/mol. The molecule has 1 fully saturated rings. The second-order valence-corrected chi connectivity index (χ2v) is 10.3. The zero-order valence-corrected chi connectivity index (χ0v) is 22.1. The van der Waals surface area contributed by atoms with Gasteiger partial charge in [0.15, 0.2) is 0 Å². The van der Waals surface area contributed by atoms with Crippen LogP contribution in [-0.4, -0.2) is 42.3 Å². The molecule has 1 unspecified atom stereocenters. The fourth-order valence-electron chi connectivity index (χ4n) is 4.19. The number of nitrogens with zero attached hydrogens (tertiary/aromatic N) is 1. The van der Waals surface area contributed by atoms with Crippen molar-refractivity contribution in [3.63, 3.8) is 0 Å². The van der Waals surface area contributed by atoms with Crippen LogP contribution in [0.1, 0.15) is 65.0 Å². The number of ether oxygens (including phenoxy) is 1. The zero-order valence-electron chi connectivity index (χ0n) is 22.1. The maximum Gasteiger partial charge on any atom is 0.490 e. The molecule has 0 N–H and O–H groups in total. The van der Waals surface area contributed by atoms with E-state index in [1.54, 1.807) is 0 Å². The minimum absolute atomic E-state index is 0.289. The third-order valence-corrected chi connectivity index (χ3v) is 7.04. The Kier molecular flexibility index (Phi) is 9.34. The van der Waals surface area contributed by atoms with Crippen molar-refractivity contribution in [3.05, 3.63) is 83.3 Å². The number of carbonyl (C=O) groups excluding carboxylic acids is 1. The Balaban J connectivity index is 2.01. The van der Waals surface area contributed by atoms with E-state index in [2.05, 4.69) is 63.8 Å². The number of allylic oxidation sites excluding steroid dienone is 1. The van der Waals surface area contributed by atoms with Crippen molar-refractivity contribution >= 4 is 13.1 Å². The summed E-state index contributed by atoms with van der Waals surface area (Å²) in [6.45, 7) is 11.6. The molecular weight excluding hydrogens is 437 g/mol. The first-order valence-electron chi connectivity index (χ1n) is 12.6. The van der Waals surface area contributed by atoms with Gasteiger partial charge in [0.25, 0.3) is 0 Å². The summed E-state index contributed by atoms with van der Waals surface area (Å²) in [5.41, 5.74) is 2.37. The van der Waals surface area contributed by atoms with Crippen LogP contribution in [0.4, 0.5) is 0 Å². The second-order valence-electron chi connectivity index (χ2n) is 10.3. The molecule has 6 heteroatoms. The Labute approximate surface area is 211 Å². The molecule has 0 spiro atoms. The summed E-state index contributed by atoms with van der Waals surface area (Å²) < 4.78 is 18.1. The molecule has 1 atom stereocenters. The molecule has 2 aromatic carbocycles. The Morgan fingerprint density at radius 1 is 0.943 bits per heavy atom. The van der Waals surface area contributed by atoms with Crippen LogP contribution in [0.5, 0.6) is 0 Å². The molecule has 0 bridgehead atoms. The molecule has 0 aromatic heterocycles. The monoisotopic (exact) mass is 477 g/mol. The molecule has 0 aliphatic carbocycles. The molecule has 1 aliphatic rings. The molecule has 1 heterocycles. The van der Waals surface area contributed by atoms with Crippen molar-refractivity contribution in [1.29, 1.82) is 0 Å². The largest absolute Gasteiger partial charge is 0.490 e. The van der Waals surface area contributed by atoms with E-state index in [1.165, 1.54) is 7.11 Å². The Bertz CT molecular complexity index is 917. The predicted octanol–water partition coefficient (Wildman–Crippen LogP) is 5.98. The van der Waals surface area contributed by atoms with Crippen LogP contribution in [0.3, 0.4) is 0 Å². The molecule has 188 valence electrons. The van der Waals surface area contributed by atoms with Gasteiger partial charge in [-0.25, -0.2) is 0 Å². The van der Waals surface area contributed by atoms with Crippen LogP contribution in [0.25, 0.3) is 0 Å². The lowest BCUT2D eigenvalue weighted by atomic mass is 9.74. The summed E-state index contributed by atoms with van der Waals surface area (Å²) in [6.07, 6.45) is 4.85. The first-order chi connectivity index (χ1) is 16.7. The molecule has 3 rings (SSSR count). The fraction of sp³-hybridized carbons (Fsp3) is 0.483. The van der Waals surface area contributed by atoms with Crippen LogP contribution >= 0.6 is 0 Å². The molecule has 1 aliphatic heterocycles. The van der Waals surface area contributed by atoms with Crippen LogP contribution in [0.2, 0.25) is 0 Å². The quantitative estimate of drug-likeness (QED) is 0.294. The minimum Gasteiger partial charge on any atom is -0.468 e. The van der Waals surface area contributed by atoms with Crippen LogP contribution in [-0.2, 0) is 31.9 Å². The summed E-state index contributed by atoms with van der Waals surface area (Å²) in [7, 11) is 0.960. The van der Waals surface area contributed by atoms with E-state index in [0.29, 0.717) is 13.1 Å². The molecule has 2 aromatic rings. The third kappa shape index (κ3) is 7.06. The van der Waals surface area contributed by atoms with Crippen molar-refractivity contribution in [2.75, 3.05) is 7.11 Å². The molecule has 5 nitrogen and oxygen atoms in total. The average Bonchev–Trinajstić information content (AvgIpc) is 3.06. The van der Waals surface area contributed by atoms with Gasteiger partial charge in [0.1, 0.15) is 6.04 Å². The van der Waals surface area contributed by atoms with Crippen molar-refractivity contribution in [2.24, 2.45) is 0 Å². The lowest BCUT2D eigenvalue weighted by Gasteiger charge is -2.32. The van der Waals surface area contributed by atoms with Gasteiger partial charge in [-0.2, -0.15) is 0 Å². The lowest BCUT2D eigenvalue weighted by molar-refractivity contribution is -0.145. The summed E-state index contributed by atoms with van der Waals surface area (Å²) in [5.74, 6) is -0.289. The van der Waals surface area contributed by atoms with Gasteiger partial charge in [0, 0.05) is 13.1 Å². The molecule has 35 heavy (non-hydrogen) atoms. The highest BCUT2D eigenvalue weighted by Gasteiger charge is 2.52. The normalized spacial score (nSPS) is 18.0. The highest BCUT2D eigenvalue weighted by atomic mass is 16.7. The van der Waals surface area contributed by atoms with E-state index < -0.39 is 24.4 Å². The highest BCUT2D eigenvalue weighted by molar-refractivity contribution is 6.54. The molecule has 0 radical (unpaired) electrons. The van der Waals surface area contributed by atoms with Gasteiger partial charge in [0.2, 0.25) is 0 Å². The van der Waals surface area contributed by atoms with E-state index in [1.807, 2.05) is 42.5 Å². The molecule has 1 saturated heterocycles. The van der Waals surface area contributed by atoms with Gasteiger partial charge in [0.05, 0.1) is 18.3 Å². The van der Waals surface area contributed by atoms with Crippen LogP contribution in [0.15, 0.2) is 72.2 Å². The number of carbonyl (C=O) groups is 1. The summed E-state index contributed by atoms with van der Waals surface area (Å²) in [4.78, 5) is 15.4. The van der Waals surface area contributed by atoms with Gasteiger partial charge >= 0.3 is 13.1 Å². The minimum atomic E-state index is -0.578. The summed E-state index contributed by atoms with van der Waals surface area (Å²) in [6, 6.07) is 19.9. The number of methoxy groups -OCH3 is 1. The number of hydrogen-bond donors (Lipinski definition) is 0. The smallest absolute Gasteiger partial charge is 0.468 e. The van der Waals surface area contributed by atoms with E-state index in [0.717, 1.165) is 35.9 Å². The first kappa shape index (κ1) is 27.2. The first-order valence-corrected chi connectivity index (χ1v) is 12.6. The number of esters is 1. The van der Waals surface area contributed by atoms with Crippen molar-refractivity contribution in [3.8, 4) is 0 Å². The Morgan fingerprint density at radius 3 is 1.86 bits per heavy atom. The standard InChI is InChI=1S/C29H40BNO4/c1-7-8-19-25(30-34-28(2,3)29(4,5)35-30)20-26(27(32)33-6)31(21-23-15-11-9-12-16-23)22-24-17-13-10-14-18-24/h9-18,20,26H,7-8,19,21-22H2,1-6H3/b25-20+. The van der Waals surface area contributed by atoms with Gasteiger partial charge in [-0.1, -0.05) is 86.5 Å². The number of hydrogen-bond acceptors (Lipinski definition) is 5. The zero-order chi connectivity index (χ0) is 25.5. The number of unbranched alkanes of at least 4 members (excludes halogenated alkanes) is 1. The van der Waals surface area contributed by atoms with Gasteiger partial charge in [-0.3, -0.25) is 9.69 Å². The second kappa shape index (κ2) is 12.0. The molecular formula is C29H40BNO4. The van der Waals surface area contributed by atoms with E-state index >= 15 is 0 Å². The van der Waals surface area contributed by atoms with E-state index in [9.17, 15) is 4.79 Å². The number of rotatable bonds is 11. The van der Waals surface area contributed by atoms with Crippen molar-refractivity contribution in [2.45, 2.75) is 84.2 Å². The summed E-state index contributed by atoms with van der Waals surface area (Å²) >= 11 is 0. The molecule has 0 saturated carbocycles. The Morgan fingerprint density at radius 2 is 1.43 bits per heavy atom. The van der Waals surface area contributed by atoms with Gasteiger partial charge < -0.3 is 14.0 Å². The van der Waals surface area contributed by atoms with Gasteiger partial charge in [-0.05, 0) is 50.7 Å². The van der Waals surface area contributed by atoms with Crippen LogP contribution < -0.4 is 0 Å². The number of benzene rings is 2. The van der Waals surface area contributed by atoms with Crippen molar-refractivity contribution in [1.82, 2.24) is 4.90 Å². The lowest BCUT2D eigenvalue weighted by Crippen LogP contribution is -2.41. The van der Waals surface area contributed by atoms with E-state index in [-0.39, 0.29) is 5.97 Å². The fourth-order valence-corrected chi connectivity index (χ4v) is 4.19.